The molecule has 5 unspecified atom stereocenters. The molecule has 4 rings (SSSR count). The Bertz CT molecular complexity index is 548. The Morgan fingerprint density at radius 1 is 1.04 bits per heavy atom. The molecule has 0 saturated heterocycles. The molecule has 25 heavy (non-hydrogen) atoms. The summed E-state index contributed by atoms with van der Waals surface area (Å²) in [6.45, 7) is 4.70. The van der Waals surface area contributed by atoms with Crippen LogP contribution in [0.15, 0.2) is 0 Å². The lowest BCUT2D eigenvalue weighted by Crippen LogP contribution is -2.65. The molecule has 3 N–H and O–H groups in total. The van der Waals surface area contributed by atoms with Crippen molar-refractivity contribution in [2.75, 3.05) is 7.05 Å². The third-order valence-electron chi connectivity index (χ3n) is 9.05. The number of hydrogen-bond donors (Lipinski definition) is 3. The lowest BCUT2D eigenvalue weighted by molar-refractivity contribution is -0.110. The Kier molecular flexibility index (Phi) is 4.50. The van der Waals surface area contributed by atoms with Gasteiger partial charge in [0.2, 0.25) is 0 Å². The molecule has 144 valence electrons. The van der Waals surface area contributed by atoms with Gasteiger partial charge in [-0.15, -0.1) is 23.2 Å². The molecule has 4 fully saturated rings. The Hall–Kier alpha value is 0.460. The fourth-order valence-electron chi connectivity index (χ4n) is 7.70. The van der Waals surface area contributed by atoms with Crippen LogP contribution in [-0.2, 0) is 0 Å². The number of rotatable bonds is 1. The van der Waals surface area contributed by atoms with Gasteiger partial charge in [0.25, 0.3) is 0 Å². The van der Waals surface area contributed by atoms with Crippen LogP contribution in [0.3, 0.4) is 0 Å². The van der Waals surface area contributed by atoms with E-state index in [1.807, 2.05) is 7.05 Å². The molecular weight excluding hydrogens is 357 g/mol. The summed E-state index contributed by atoms with van der Waals surface area (Å²) in [6, 6.07) is 0.177. The number of fused-ring (bicyclic) bond motifs is 5. The van der Waals surface area contributed by atoms with Gasteiger partial charge in [-0.25, -0.2) is 0 Å². The van der Waals surface area contributed by atoms with E-state index in [2.05, 4.69) is 19.2 Å². The Labute approximate surface area is 161 Å². The zero-order chi connectivity index (χ0) is 18.2. The first-order chi connectivity index (χ1) is 11.7. The minimum absolute atomic E-state index is 0.0207. The first kappa shape index (κ1) is 18.8. The normalized spacial score (nSPS) is 61.3. The largest absolute Gasteiger partial charge is 0.393 e. The van der Waals surface area contributed by atoms with Crippen LogP contribution in [0.5, 0.6) is 0 Å². The number of alkyl halides is 2. The van der Waals surface area contributed by atoms with Gasteiger partial charge in [0, 0.05) is 6.04 Å². The zero-order valence-electron chi connectivity index (χ0n) is 15.6. The topological polar surface area (TPSA) is 52.5 Å². The van der Waals surface area contributed by atoms with Crippen LogP contribution in [0.1, 0.15) is 58.8 Å². The van der Waals surface area contributed by atoms with Crippen molar-refractivity contribution >= 4 is 23.2 Å². The van der Waals surface area contributed by atoms with Crippen LogP contribution < -0.4 is 5.32 Å². The maximum absolute atomic E-state index is 10.7. The predicted octanol–water partition coefficient (Wildman–Crippen LogP) is 3.53. The Morgan fingerprint density at radius 2 is 1.76 bits per heavy atom. The van der Waals surface area contributed by atoms with Crippen LogP contribution >= 0.6 is 23.2 Å². The molecule has 4 saturated carbocycles. The van der Waals surface area contributed by atoms with Crippen LogP contribution in [0.4, 0.5) is 0 Å². The van der Waals surface area contributed by atoms with E-state index in [4.69, 9.17) is 23.2 Å². The van der Waals surface area contributed by atoms with Gasteiger partial charge in [0.05, 0.1) is 22.5 Å². The van der Waals surface area contributed by atoms with E-state index in [1.165, 1.54) is 0 Å². The van der Waals surface area contributed by atoms with Gasteiger partial charge in [-0.2, -0.15) is 0 Å². The van der Waals surface area contributed by atoms with Gasteiger partial charge >= 0.3 is 0 Å². The molecule has 0 aromatic rings. The van der Waals surface area contributed by atoms with Crippen LogP contribution in [0.25, 0.3) is 0 Å². The second-order valence-electron chi connectivity index (χ2n) is 9.87. The second-order valence-corrected chi connectivity index (χ2v) is 11.1. The van der Waals surface area contributed by atoms with Gasteiger partial charge in [0.1, 0.15) is 0 Å². The van der Waals surface area contributed by atoms with Gasteiger partial charge in [0.15, 0.2) is 0 Å². The van der Waals surface area contributed by atoms with Crippen LogP contribution in [0, 0.1) is 28.6 Å². The maximum Gasteiger partial charge on any atom is 0.0701 e. The molecule has 0 aromatic heterocycles. The monoisotopic (exact) mass is 389 g/mol. The van der Waals surface area contributed by atoms with Crippen molar-refractivity contribution in [3.05, 3.63) is 0 Å². The summed E-state index contributed by atoms with van der Waals surface area (Å²) in [5.74, 6) is 1.58. The summed E-state index contributed by atoms with van der Waals surface area (Å²) in [5, 5.41) is 24.2. The van der Waals surface area contributed by atoms with Crippen LogP contribution in [0.2, 0.25) is 0 Å². The summed E-state index contributed by atoms with van der Waals surface area (Å²) in [4.78, 5) is -0.499. The molecule has 0 radical (unpaired) electrons. The highest BCUT2D eigenvalue weighted by Crippen LogP contribution is 2.69. The summed E-state index contributed by atoms with van der Waals surface area (Å²) >= 11 is 14.1. The third-order valence-corrected chi connectivity index (χ3v) is 10.6. The molecule has 0 amide bonds. The fourth-order valence-corrected chi connectivity index (χ4v) is 8.75. The summed E-state index contributed by atoms with van der Waals surface area (Å²) in [7, 11) is 1.98. The molecule has 0 bridgehead atoms. The van der Waals surface area contributed by atoms with E-state index in [9.17, 15) is 10.2 Å². The van der Waals surface area contributed by atoms with Crippen LogP contribution in [-0.4, -0.2) is 45.8 Å². The van der Waals surface area contributed by atoms with E-state index in [1.54, 1.807) is 0 Å². The second kappa shape index (κ2) is 5.98. The lowest BCUT2D eigenvalue weighted by atomic mass is 9.44. The van der Waals surface area contributed by atoms with E-state index in [0.29, 0.717) is 24.2 Å². The number of halogens is 2. The zero-order valence-corrected chi connectivity index (χ0v) is 17.2. The highest BCUT2D eigenvalue weighted by atomic mass is 35.5. The molecule has 0 aromatic carbocycles. The van der Waals surface area contributed by atoms with E-state index >= 15 is 0 Å². The molecule has 0 aliphatic heterocycles. The van der Waals surface area contributed by atoms with E-state index in [-0.39, 0.29) is 34.5 Å². The minimum atomic E-state index is -0.499. The van der Waals surface area contributed by atoms with Crippen molar-refractivity contribution in [2.45, 2.75) is 87.3 Å². The van der Waals surface area contributed by atoms with Gasteiger partial charge in [-0.3, -0.25) is 0 Å². The van der Waals surface area contributed by atoms with Crippen molar-refractivity contribution in [1.82, 2.24) is 5.32 Å². The summed E-state index contributed by atoms with van der Waals surface area (Å²) in [6.07, 6.45) is 5.92. The number of nitrogens with one attached hydrogen (secondary N) is 1. The van der Waals surface area contributed by atoms with Gasteiger partial charge < -0.3 is 15.5 Å². The average Bonchev–Trinajstić information content (AvgIpc) is 2.80. The maximum atomic E-state index is 10.7. The number of aliphatic hydroxyl groups is 2. The van der Waals surface area contributed by atoms with Crippen molar-refractivity contribution in [3.63, 3.8) is 0 Å². The van der Waals surface area contributed by atoms with Crippen molar-refractivity contribution < 1.29 is 10.2 Å². The van der Waals surface area contributed by atoms with E-state index < -0.39 is 4.87 Å². The molecule has 4 aliphatic carbocycles. The highest BCUT2D eigenvalue weighted by molar-refractivity contribution is 6.33. The van der Waals surface area contributed by atoms with Gasteiger partial charge in [-0.1, -0.05) is 13.8 Å². The number of aliphatic hydroxyl groups excluding tert-OH is 2. The molecule has 4 aliphatic rings. The molecular formula is C20H33Cl2NO2. The van der Waals surface area contributed by atoms with Crippen molar-refractivity contribution in [1.29, 1.82) is 0 Å². The summed E-state index contributed by atoms with van der Waals surface area (Å²) < 4.78 is 0. The average molecular weight is 390 g/mol. The first-order valence-electron chi connectivity index (χ1n) is 10.0. The van der Waals surface area contributed by atoms with Crippen molar-refractivity contribution in [2.24, 2.45) is 28.6 Å². The smallest absolute Gasteiger partial charge is 0.0701 e. The molecule has 10 atom stereocenters. The predicted molar refractivity (Wildman–Crippen MR) is 102 cm³/mol. The summed E-state index contributed by atoms with van der Waals surface area (Å²) in [5.41, 5.74) is 0.121. The fraction of sp³-hybridized carbons (Fsp3) is 1.00. The molecule has 3 nitrogen and oxygen atoms in total. The Morgan fingerprint density at radius 3 is 2.44 bits per heavy atom. The van der Waals surface area contributed by atoms with E-state index in [0.717, 1.165) is 38.5 Å². The Balaban J connectivity index is 1.70. The molecule has 0 spiro atoms. The van der Waals surface area contributed by atoms with Gasteiger partial charge in [-0.05, 0) is 80.6 Å². The highest BCUT2D eigenvalue weighted by Gasteiger charge is 2.67. The first-order valence-corrected chi connectivity index (χ1v) is 10.8. The number of likely N-dealkylation sites (N-methyl/N-ethyl adjacent to an activating group) is 1. The van der Waals surface area contributed by atoms with Crippen molar-refractivity contribution in [3.8, 4) is 0 Å². The quantitative estimate of drug-likeness (QED) is 0.601. The lowest BCUT2D eigenvalue weighted by Gasteiger charge is -2.65. The minimum Gasteiger partial charge on any atom is -0.393 e. The SMILES string of the molecule is CNC1C(O)C[C@H]2[C@@H]3CC(Cl)C4(Cl)CC(O)CC[C@]4(C)[C@@H]3CC[C@]12C. The molecule has 0 heterocycles. The standard InChI is InChI=1S/C20H33Cl2NO2/c1-18-6-5-13-12(14(18)9-15(25)17(18)23-3)8-16(21)20(22)10-11(24)4-7-19(13,20)2/h11-17,23-25H,4-10H2,1-3H3/t11?,12-,13-,14+,15?,16?,17?,18+,19-,20?/m1/s1. The third kappa shape index (κ3) is 2.35. The molecule has 5 heteroatoms. The number of hydrogen-bond acceptors (Lipinski definition) is 3.